The molecule has 0 spiro atoms. The number of halogens is 1. The fraction of sp³-hybridized carbons (Fsp3) is 0.905. The van der Waals surface area contributed by atoms with Crippen LogP contribution < -0.4 is 10.6 Å². The van der Waals surface area contributed by atoms with Crippen molar-refractivity contribution in [1.82, 2.24) is 20.4 Å². The van der Waals surface area contributed by atoms with Gasteiger partial charge in [0.05, 0.1) is 12.6 Å². The lowest BCUT2D eigenvalue weighted by atomic mass is 9.94. The highest BCUT2D eigenvalue weighted by atomic mass is 35.5. The molecule has 7 heteroatoms. The molecule has 1 saturated carbocycles. The van der Waals surface area contributed by atoms with E-state index < -0.39 is 0 Å². The van der Waals surface area contributed by atoms with Gasteiger partial charge in [-0.05, 0) is 64.5 Å². The maximum Gasteiger partial charge on any atom is 0.237 e. The van der Waals surface area contributed by atoms with Crippen molar-refractivity contribution in [2.45, 2.75) is 76.8 Å². The van der Waals surface area contributed by atoms with Crippen molar-refractivity contribution in [2.75, 3.05) is 39.3 Å². The molecule has 2 heterocycles. The van der Waals surface area contributed by atoms with E-state index in [0.29, 0.717) is 24.4 Å². The summed E-state index contributed by atoms with van der Waals surface area (Å²) in [4.78, 5) is 29.5. The molecule has 0 radical (unpaired) electrons. The number of likely N-dealkylation sites (N-methyl/N-ethyl adjacent to an activating group) is 1. The molecule has 0 bridgehead atoms. The fourth-order valence-electron chi connectivity index (χ4n) is 5.05. The van der Waals surface area contributed by atoms with Crippen LogP contribution in [-0.4, -0.2) is 73.0 Å². The fourth-order valence-corrected chi connectivity index (χ4v) is 5.05. The first kappa shape index (κ1) is 23.4. The Balaban J connectivity index is 0.00000280. The molecular weight excluding hydrogens is 376 g/mol. The van der Waals surface area contributed by atoms with Crippen molar-refractivity contribution >= 4 is 24.2 Å². The molecule has 2 atom stereocenters. The molecule has 28 heavy (non-hydrogen) atoms. The highest BCUT2D eigenvalue weighted by Crippen LogP contribution is 2.23. The third-order valence-corrected chi connectivity index (χ3v) is 6.58. The van der Waals surface area contributed by atoms with Crippen molar-refractivity contribution in [2.24, 2.45) is 5.92 Å². The summed E-state index contributed by atoms with van der Waals surface area (Å²) in [5.74, 6) is 0.904. The monoisotopic (exact) mass is 414 g/mol. The number of carbonyl (C=O) groups excluding carboxylic acids is 2. The number of nitrogens with zero attached hydrogens (tertiary/aromatic N) is 2. The van der Waals surface area contributed by atoms with Crippen LogP contribution in [0.25, 0.3) is 0 Å². The quantitative estimate of drug-likeness (QED) is 0.670. The molecule has 3 fully saturated rings. The first-order valence-electron chi connectivity index (χ1n) is 11.2. The SMILES string of the molecule is CCN(C(=O)CN1CCCC(CNC(=O)C2CCCN2)C1)C1CCCCC1.Cl. The lowest BCUT2D eigenvalue weighted by molar-refractivity contribution is -0.135. The minimum atomic E-state index is -0.000114. The summed E-state index contributed by atoms with van der Waals surface area (Å²) in [6.45, 7) is 7.09. The summed E-state index contributed by atoms with van der Waals surface area (Å²) in [6.07, 6.45) is 10.5. The van der Waals surface area contributed by atoms with Crippen LogP contribution in [0.5, 0.6) is 0 Å². The van der Waals surface area contributed by atoms with E-state index >= 15 is 0 Å². The molecule has 2 saturated heterocycles. The van der Waals surface area contributed by atoms with E-state index in [0.717, 1.165) is 58.4 Å². The molecular formula is C21H39ClN4O2. The second-order valence-corrected chi connectivity index (χ2v) is 8.61. The van der Waals surface area contributed by atoms with Crippen LogP contribution in [-0.2, 0) is 9.59 Å². The van der Waals surface area contributed by atoms with Crippen LogP contribution in [0.15, 0.2) is 0 Å². The van der Waals surface area contributed by atoms with Crippen molar-refractivity contribution in [3.63, 3.8) is 0 Å². The summed E-state index contributed by atoms with van der Waals surface area (Å²) >= 11 is 0. The van der Waals surface area contributed by atoms with E-state index in [9.17, 15) is 9.59 Å². The Morgan fingerprint density at radius 3 is 2.54 bits per heavy atom. The summed E-state index contributed by atoms with van der Waals surface area (Å²) in [5.41, 5.74) is 0. The number of rotatable bonds is 7. The van der Waals surface area contributed by atoms with Gasteiger partial charge in [-0.3, -0.25) is 14.5 Å². The summed E-state index contributed by atoms with van der Waals surface area (Å²) < 4.78 is 0. The maximum atomic E-state index is 12.9. The first-order chi connectivity index (χ1) is 13.2. The second kappa shape index (κ2) is 12.0. The van der Waals surface area contributed by atoms with E-state index in [1.54, 1.807) is 0 Å². The Labute approximate surface area is 176 Å². The van der Waals surface area contributed by atoms with E-state index in [-0.39, 0.29) is 24.4 Å². The third kappa shape index (κ3) is 6.60. The zero-order chi connectivity index (χ0) is 19.1. The van der Waals surface area contributed by atoms with Gasteiger partial charge in [0.15, 0.2) is 0 Å². The number of carbonyl (C=O) groups is 2. The topological polar surface area (TPSA) is 64.7 Å². The molecule has 2 amide bonds. The Kier molecular flexibility index (Phi) is 10.0. The van der Waals surface area contributed by atoms with Crippen LogP contribution in [0, 0.1) is 5.92 Å². The van der Waals surface area contributed by atoms with E-state index in [1.807, 2.05) is 0 Å². The van der Waals surface area contributed by atoms with Gasteiger partial charge >= 0.3 is 0 Å². The van der Waals surface area contributed by atoms with Gasteiger partial charge in [-0.2, -0.15) is 0 Å². The third-order valence-electron chi connectivity index (χ3n) is 6.58. The van der Waals surface area contributed by atoms with Crippen LogP contribution in [0.3, 0.4) is 0 Å². The lowest BCUT2D eigenvalue weighted by Crippen LogP contribution is -2.49. The predicted octanol–water partition coefficient (Wildman–Crippen LogP) is 2.17. The highest BCUT2D eigenvalue weighted by molar-refractivity contribution is 5.85. The van der Waals surface area contributed by atoms with E-state index in [1.165, 1.54) is 32.1 Å². The second-order valence-electron chi connectivity index (χ2n) is 8.61. The van der Waals surface area contributed by atoms with Gasteiger partial charge in [0.2, 0.25) is 11.8 Å². The van der Waals surface area contributed by atoms with Crippen LogP contribution in [0.2, 0.25) is 0 Å². The molecule has 0 aromatic carbocycles. The normalized spacial score (nSPS) is 26.5. The van der Waals surface area contributed by atoms with Crippen LogP contribution in [0.1, 0.15) is 64.7 Å². The largest absolute Gasteiger partial charge is 0.354 e. The molecule has 1 aliphatic carbocycles. The van der Waals surface area contributed by atoms with E-state index in [4.69, 9.17) is 0 Å². The number of hydrogen-bond donors (Lipinski definition) is 2. The number of hydrogen-bond acceptors (Lipinski definition) is 4. The molecule has 0 aromatic heterocycles. The van der Waals surface area contributed by atoms with Crippen molar-refractivity contribution in [1.29, 1.82) is 0 Å². The van der Waals surface area contributed by atoms with Crippen LogP contribution >= 0.6 is 12.4 Å². The minimum absolute atomic E-state index is 0. The molecule has 162 valence electrons. The summed E-state index contributed by atoms with van der Waals surface area (Å²) in [5, 5.41) is 6.39. The number of piperidine rings is 1. The molecule has 3 rings (SSSR count). The smallest absolute Gasteiger partial charge is 0.237 e. The van der Waals surface area contributed by atoms with Gasteiger partial charge in [0.1, 0.15) is 0 Å². The van der Waals surface area contributed by atoms with Crippen molar-refractivity contribution in [3.8, 4) is 0 Å². The number of likely N-dealkylation sites (tertiary alicyclic amines) is 1. The van der Waals surface area contributed by atoms with Gasteiger partial charge in [-0.1, -0.05) is 19.3 Å². The average molecular weight is 415 g/mol. The first-order valence-corrected chi connectivity index (χ1v) is 11.2. The Bertz CT molecular complexity index is 493. The van der Waals surface area contributed by atoms with Crippen molar-refractivity contribution < 1.29 is 9.59 Å². The molecule has 0 aromatic rings. The van der Waals surface area contributed by atoms with Gasteiger partial charge in [0.25, 0.3) is 0 Å². The zero-order valence-electron chi connectivity index (χ0n) is 17.5. The molecule has 2 aliphatic heterocycles. The van der Waals surface area contributed by atoms with Crippen LogP contribution in [0.4, 0.5) is 0 Å². The zero-order valence-corrected chi connectivity index (χ0v) is 18.3. The Morgan fingerprint density at radius 1 is 1.07 bits per heavy atom. The summed E-state index contributed by atoms with van der Waals surface area (Å²) in [7, 11) is 0. The Hall–Kier alpha value is -0.850. The average Bonchev–Trinajstić information content (AvgIpc) is 3.23. The predicted molar refractivity (Wildman–Crippen MR) is 115 cm³/mol. The molecule has 3 aliphatic rings. The summed E-state index contributed by atoms with van der Waals surface area (Å²) in [6, 6.07) is 0.454. The van der Waals surface area contributed by atoms with Gasteiger partial charge < -0.3 is 15.5 Å². The maximum absolute atomic E-state index is 12.9. The standard InChI is InChI=1S/C21H38N4O2.ClH/c1-2-25(18-9-4-3-5-10-18)20(26)16-24-13-7-8-17(15-24)14-23-21(27)19-11-6-12-22-19;/h17-19,22H,2-16H2,1H3,(H,23,27);1H. The van der Waals surface area contributed by atoms with Gasteiger partial charge in [-0.25, -0.2) is 0 Å². The van der Waals surface area contributed by atoms with Gasteiger partial charge in [0, 0.05) is 25.7 Å². The van der Waals surface area contributed by atoms with Crippen molar-refractivity contribution in [3.05, 3.63) is 0 Å². The minimum Gasteiger partial charge on any atom is -0.354 e. The van der Waals surface area contributed by atoms with E-state index in [2.05, 4.69) is 27.4 Å². The highest BCUT2D eigenvalue weighted by Gasteiger charge is 2.28. The molecule has 2 N–H and O–H groups in total. The number of amides is 2. The Morgan fingerprint density at radius 2 is 1.86 bits per heavy atom. The number of nitrogens with one attached hydrogen (secondary N) is 2. The molecule has 2 unspecified atom stereocenters. The lowest BCUT2D eigenvalue weighted by Gasteiger charge is -2.37. The molecule has 6 nitrogen and oxygen atoms in total. The van der Waals surface area contributed by atoms with Gasteiger partial charge in [-0.15, -0.1) is 12.4 Å².